The lowest BCUT2D eigenvalue weighted by Gasteiger charge is -2.23. The predicted molar refractivity (Wildman–Crippen MR) is 89.8 cm³/mol. The fourth-order valence-electron chi connectivity index (χ4n) is 3.93. The molecule has 1 N–H and O–H groups in total. The Morgan fingerprint density at radius 1 is 1.05 bits per heavy atom. The molecule has 2 heteroatoms. The Balaban J connectivity index is 1.58. The molecule has 116 valence electrons. The van der Waals surface area contributed by atoms with Crippen molar-refractivity contribution in [3.63, 3.8) is 0 Å². The van der Waals surface area contributed by atoms with Gasteiger partial charge in [-0.25, -0.2) is 0 Å². The molecule has 0 amide bonds. The monoisotopic (exact) mass is 286 g/mol. The number of rotatable bonds is 3. The zero-order valence-corrected chi connectivity index (χ0v) is 13.5. The van der Waals surface area contributed by atoms with Crippen molar-refractivity contribution in [3.8, 4) is 0 Å². The third kappa shape index (κ3) is 4.31. The van der Waals surface area contributed by atoms with E-state index in [4.69, 9.17) is 0 Å². The van der Waals surface area contributed by atoms with Crippen molar-refractivity contribution in [1.82, 2.24) is 10.2 Å². The van der Waals surface area contributed by atoms with E-state index in [9.17, 15) is 0 Å². The molecule has 0 aromatic heterocycles. The molecule has 21 heavy (non-hydrogen) atoms. The largest absolute Gasteiger partial charge is 0.316 e. The van der Waals surface area contributed by atoms with Crippen LogP contribution in [0, 0.1) is 5.92 Å². The van der Waals surface area contributed by atoms with E-state index < -0.39 is 0 Å². The van der Waals surface area contributed by atoms with Crippen molar-refractivity contribution in [2.24, 2.45) is 5.92 Å². The van der Waals surface area contributed by atoms with Gasteiger partial charge in [-0.2, -0.15) is 0 Å². The van der Waals surface area contributed by atoms with Crippen LogP contribution in [0.25, 0.3) is 0 Å². The lowest BCUT2D eigenvalue weighted by molar-refractivity contribution is 0.347. The van der Waals surface area contributed by atoms with Crippen LogP contribution in [0.5, 0.6) is 0 Å². The van der Waals surface area contributed by atoms with Gasteiger partial charge in [-0.05, 0) is 94.7 Å². The van der Waals surface area contributed by atoms with E-state index in [0.29, 0.717) is 0 Å². The third-order valence-corrected chi connectivity index (χ3v) is 5.33. The Kier molecular flexibility index (Phi) is 5.32. The zero-order chi connectivity index (χ0) is 14.5. The average molecular weight is 286 g/mol. The van der Waals surface area contributed by atoms with Crippen LogP contribution in [-0.2, 0) is 6.42 Å². The summed E-state index contributed by atoms with van der Waals surface area (Å²) in [6.45, 7) is 4.94. The SMILES string of the molecule is CN1CCCC(c2ccc(CC3CCCNC3)cc2)CC1. The smallest absolute Gasteiger partial charge is 0.00160 e. The van der Waals surface area contributed by atoms with Crippen molar-refractivity contribution in [2.45, 2.75) is 44.4 Å². The van der Waals surface area contributed by atoms with E-state index in [0.717, 1.165) is 11.8 Å². The molecule has 0 saturated carbocycles. The first kappa shape index (κ1) is 15.1. The van der Waals surface area contributed by atoms with Crippen molar-refractivity contribution in [1.29, 1.82) is 0 Å². The first-order valence-electron chi connectivity index (χ1n) is 8.79. The van der Waals surface area contributed by atoms with Gasteiger partial charge >= 0.3 is 0 Å². The first-order chi connectivity index (χ1) is 10.3. The molecule has 2 saturated heterocycles. The summed E-state index contributed by atoms with van der Waals surface area (Å²) in [5.41, 5.74) is 3.09. The van der Waals surface area contributed by atoms with Gasteiger partial charge in [-0.15, -0.1) is 0 Å². The van der Waals surface area contributed by atoms with E-state index in [1.165, 1.54) is 70.3 Å². The Hall–Kier alpha value is -0.860. The van der Waals surface area contributed by atoms with Gasteiger partial charge in [0.2, 0.25) is 0 Å². The summed E-state index contributed by atoms with van der Waals surface area (Å²) >= 11 is 0. The van der Waals surface area contributed by atoms with Crippen LogP contribution in [0.4, 0.5) is 0 Å². The summed E-state index contributed by atoms with van der Waals surface area (Å²) in [6.07, 6.45) is 8.01. The number of hydrogen-bond acceptors (Lipinski definition) is 2. The second-order valence-electron chi connectivity index (χ2n) is 7.09. The lowest BCUT2D eigenvalue weighted by atomic mass is 9.89. The van der Waals surface area contributed by atoms with Crippen molar-refractivity contribution in [2.75, 3.05) is 33.2 Å². The zero-order valence-electron chi connectivity index (χ0n) is 13.5. The first-order valence-corrected chi connectivity index (χ1v) is 8.79. The number of nitrogens with zero attached hydrogens (tertiary/aromatic N) is 1. The third-order valence-electron chi connectivity index (χ3n) is 5.33. The maximum absolute atomic E-state index is 3.52. The highest BCUT2D eigenvalue weighted by Gasteiger charge is 2.17. The highest BCUT2D eigenvalue weighted by molar-refractivity contribution is 5.26. The topological polar surface area (TPSA) is 15.3 Å². The molecule has 2 nitrogen and oxygen atoms in total. The van der Waals surface area contributed by atoms with Gasteiger partial charge < -0.3 is 10.2 Å². The molecule has 0 aliphatic carbocycles. The number of likely N-dealkylation sites (tertiary alicyclic amines) is 1. The summed E-state index contributed by atoms with van der Waals surface area (Å²) in [7, 11) is 2.25. The number of benzene rings is 1. The fraction of sp³-hybridized carbons (Fsp3) is 0.684. The minimum Gasteiger partial charge on any atom is -0.316 e. The van der Waals surface area contributed by atoms with Crippen molar-refractivity contribution >= 4 is 0 Å². The van der Waals surface area contributed by atoms with Crippen LogP contribution in [0.3, 0.4) is 0 Å². The molecule has 2 heterocycles. The van der Waals surface area contributed by atoms with E-state index in [1.807, 2.05) is 0 Å². The Bertz CT molecular complexity index is 420. The predicted octanol–water partition coefficient (Wildman–Crippen LogP) is 3.43. The van der Waals surface area contributed by atoms with Gasteiger partial charge in [-0.3, -0.25) is 0 Å². The molecule has 1 aromatic carbocycles. The quantitative estimate of drug-likeness (QED) is 0.916. The summed E-state index contributed by atoms with van der Waals surface area (Å²) in [4.78, 5) is 2.48. The Morgan fingerprint density at radius 2 is 1.90 bits per heavy atom. The lowest BCUT2D eigenvalue weighted by Crippen LogP contribution is -2.30. The molecule has 0 radical (unpaired) electrons. The van der Waals surface area contributed by atoms with Gasteiger partial charge in [0.05, 0.1) is 0 Å². The summed E-state index contributed by atoms with van der Waals surface area (Å²) in [5, 5.41) is 3.52. The second-order valence-corrected chi connectivity index (χ2v) is 7.09. The summed E-state index contributed by atoms with van der Waals surface area (Å²) in [6, 6.07) is 9.58. The van der Waals surface area contributed by atoms with Crippen LogP contribution in [0.2, 0.25) is 0 Å². The van der Waals surface area contributed by atoms with E-state index in [-0.39, 0.29) is 0 Å². The standard InChI is InChI=1S/C19H30N2/c1-21-12-3-5-18(10-13-21)19-8-6-16(7-9-19)14-17-4-2-11-20-15-17/h6-9,17-18,20H,2-5,10-15H2,1H3. The highest BCUT2D eigenvalue weighted by atomic mass is 15.1. The van der Waals surface area contributed by atoms with Gasteiger partial charge in [0.25, 0.3) is 0 Å². The molecule has 2 aliphatic heterocycles. The fourth-order valence-corrected chi connectivity index (χ4v) is 3.93. The maximum Gasteiger partial charge on any atom is -0.00160 e. The van der Waals surface area contributed by atoms with Crippen LogP contribution < -0.4 is 5.32 Å². The molecule has 2 unspecified atom stereocenters. The van der Waals surface area contributed by atoms with Crippen LogP contribution in [0.15, 0.2) is 24.3 Å². The van der Waals surface area contributed by atoms with Gasteiger partial charge in [0.1, 0.15) is 0 Å². The van der Waals surface area contributed by atoms with Crippen LogP contribution >= 0.6 is 0 Å². The van der Waals surface area contributed by atoms with Crippen LogP contribution in [-0.4, -0.2) is 38.1 Å². The van der Waals surface area contributed by atoms with Gasteiger partial charge in [-0.1, -0.05) is 24.3 Å². The molecular weight excluding hydrogens is 256 g/mol. The van der Waals surface area contributed by atoms with Crippen molar-refractivity contribution < 1.29 is 0 Å². The second kappa shape index (κ2) is 7.42. The molecule has 2 atom stereocenters. The highest BCUT2D eigenvalue weighted by Crippen LogP contribution is 2.28. The molecule has 2 fully saturated rings. The molecule has 1 aromatic rings. The molecule has 0 spiro atoms. The number of nitrogens with one attached hydrogen (secondary N) is 1. The molecule has 0 bridgehead atoms. The Morgan fingerprint density at radius 3 is 2.67 bits per heavy atom. The van der Waals surface area contributed by atoms with E-state index in [2.05, 4.69) is 41.5 Å². The minimum atomic E-state index is 0.778. The molecule has 2 aliphatic rings. The van der Waals surface area contributed by atoms with E-state index >= 15 is 0 Å². The maximum atomic E-state index is 3.52. The van der Waals surface area contributed by atoms with Gasteiger partial charge in [0, 0.05) is 0 Å². The molecular formula is C19H30N2. The van der Waals surface area contributed by atoms with Crippen LogP contribution in [0.1, 0.15) is 49.1 Å². The average Bonchev–Trinajstić information content (AvgIpc) is 2.74. The van der Waals surface area contributed by atoms with Gasteiger partial charge in [0.15, 0.2) is 0 Å². The molecule has 3 rings (SSSR count). The minimum absolute atomic E-state index is 0.778. The summed E-state index contributed by atoms with van der Waals surface area (Å²) in [5.74, 6) is 1.62. The number of piperidine rings is 1. The van der Waals surface area contributed by atoms with E-state index in [1.54, 1.807) is 5.56 Å². The van der Waals surface area contributed by atoms with Crippen molar-refractivity contribution in [3.05, 3.63) is 35.4 Å². The number of hydrogen-bond donors (Lipinski definition) is 1. The normalized spacial score (nSPS) is 28.2. The Labute approximate surface area is 129 Å². The summed E-state index contributed by atoms with van der Waals surface area (Å²) < 4.78 is 0.